The van der Waals surface area contributed by atoms with Gasteiger partial charge in [-0.05, 0) is 54.1 Å². The van der Waals surface area contributed by atoms with E-state index in [1.807, 2.05) is 96.5 Å². The van der Waals surface area contributed by atoms with E-state index in [0.29, 0.717) is 29.4 Å². The molecule has 0 aliphatic carbocycles. The molecule has 6 nitrogen and oxygen atoms in total. The van der Waals surface area contributed by atoms with Gasteiger partial charge in [-0.3, -0.25) is 4.79 Å². The summed E-state index contributed by atoms with van der Waals surface area (Å²) in [5.74, 6) is 0.846. The molecule has 0 fully saturated rings. The zero-order chi connectivity index (χ0) is 22.8. The number of nitrogens with one attached hydrogen (secondary N) is 1. The maximum atomic E-state index is 13.5. The number of fused-ring (bicyclic) bond motifs is 2. The Labute approximate surface area is 191 Å². The number of rotatable bonds is 6. The predicted octanol–water partition coefficient (Wildman–Crippen LogP) is 5.81. The van der Waals surface area contributed by atoms with Crippen molar-refractivity contribution in [2.75, 3.05) is 19.0 Å². The predicted molar refractivity (Wildman–Crippen MR) is 130 cm³/mol. The van der Waals surface area contributed by atoms with Crippen LogP contribution in [0.15, 0.2) is 85.2 Å². The van der Waals surface area contributed by atoms with Crippen LogP contribution in [0.1, 0.15) is 17.3 Å². The standard InChI is InChI=1S/C27H23N3O3/c1-3-33-24-14-11-18-8-4-5-9-20(18)26(24)27(31)29-21-16-19(12-13-23(21)32-2)22-17-30-15-7-6-10-25(30)28-22/h4-17H,3H2,1-2H3,(H,29,31). The lowest BCUT2D eigenvalue weighted by molar-refractivity contribution is 0.102. The molecule has 0 aliphatic rings. The second-order valence-corrected chi connectivity index (χ2v) is 7.55. The van der Waals surface area contributed by atoms with Gasteiger partial charge in [0.15, 0.2) is 0 Å². The van der Waals surface area contributed by atoms with Crippen molar-refractivity contribution in [3.8, 4) is 22.8 Å². The first-order valence-electron chi connectivity index (χ1n) is 10.8. The highest BCUT2D eigenvalue weighted by Gasteiger charge is 2.19. The molecule has 0 atom stereocenters. The average Bonchev–Trinajstić information content (AvgIpc) is 3.28. The molecule has 1 N–H and O–H groups in total. The van der Waals surface area contributed by atoms with Crippen LogP contribution >= 0.6 is 0 Å². The highest BCUT2D eigenvalue weighted by Crippen LogP contribution is 2.33. The van der Waals surface area contributed by atoms with Crippen LogP contribution in [0.25, 0.3) is 27.7 Å². The normalized spacial score (nSPS) is 11.0. The van der Waals surface area contributed by atoms with Crippen molar-refractivity contribution in [2.24, 2.45) is 0 Å². The summed E-state index contributed by atoms with van der Waals surface area (Å²) in [5, 5.41) is 4.83. The number of ether oxygens (including phenoxy) is 2. The van der Waals surface area contributed by atoms with Crippen molar-refractivity contribution in [3.63, 3.8) is 0 Å². The van der Waals surface area contributed by atoms with E-state index in [9.17, 15) is 4.79 Å². The molecule has 0 aliphatic heterocycles. The van der Waals surface area contributed by atoms with Crippen LogP contribution in [0.4, 0.5) is 5.69 Å². The van der Waals surface area contributed by atoms with E-state index >= 15 is 0 Å². The number of hydrogen-bond donors (Lipinski definition) is 1. The van der Waals surface area contributed by atoms with Gasteiger partial charge in [-0.15, -0.1) is 0 Å². The molecule has 3 aromatic carbocycles. The summed E-state index contributed by atoms with van der Waals surface area (Å²) in [7, 11) is 1.58. The fraction of sp³-hybridized carbons (Fsp3) is 0.111. The molecule has 2 aromatic heterocycles. The van der Waals surface area contributed by atoms with Gasteiger partial charge in [0.25, 0.3) is 5.91 Å². The van der Waals surface area contributed by atoms with Crippen LogP contribution < -0.4 is 14.8 Å². The van der Waals surface area contributed by atoms with Crippen molar-refractivity contribution in [1.82, 2.24) is 9.38 Å². The molecular weight excluding hydrogens is 414 g/mol. The van der Waals surface area contributed by atoms with Gasteiger partial charge < -0.3 is 19.2 Å². The van der Waals surface area contributed by atoms with Gasteiger partial charge in [0.05, 0.1) is 30.7 Å². The van der Waals surface area contributed by atoms with E-state index in [2.05, 4.69) is 10.3 Å². The number of carbonyl (C=O) groups excluding carboxylic acids is 1. The first kappa shape index (κ1) is 20.6. The largest absolute Gasteiger partial charge is 0.495 e. The maximum Gasteiger partial charge on any atom is 0.260 e. The number of benzene rings is 3. The minimum atomic E-state index is -0.263. The number of carbonyl (C=O) groups is 1. The highest BCUT2D eigenvalue weighted by molar-refractivity contribution is 6.15. The summed E-state index contributed by atoms with van der Waals surface area (Å²) < 4.78 is 13.3. The van der Waals surface area contributed by atoms with Crippen molar-refractivity contribution in [2.45, 2.75) is 6.92 Å². The van der Waals surface area contributed by atoms with E-state index < -0.39 is 0 Å². The van der Waals surface area contributed by atoms with Crippen LogP contribution in [0.2, 0.25) is 0 Å². The summed E-state index contributed by atoms with van der Waals surface area (Å²) in [6.07, 6.45) is 3.91. The van der Waals surface area contributed by atoms with Crippen LogP contribution in [-0.2, 0) is 0 Å². The minimum absolute atomic E-state index is 0.263. The Morgan fingerprint density at radius 3 is 2.64 bits per heavy atom. The fourth-order valence-electron chi connectivity index (χ4n) is 3.99. The molecule has 0 radical (unpaired) electrons. The lowest BCUT2D eigenvalue weighted by Gasteiger charge is -2.15. The monoisotopic (exact) mass is 437 g/mol. The summed E-state index contributed by atoms with van der Waals surface area (Å²) >= 11 is 0. The second-order valence-electron chi connectivity index (χ2n) is 7.55. The number of aromatic nitrogens is 2. The molecule has 0 bridgehead atoms. The molecule has 0 spiro atoms. The summed E-state index contributed by atoms with van der Waals surface area (Å²) in [5.41, 5.74) is 3.59. The zero-order valence-corrected chi connectivity index (χ0v) is 18.4. The van der Waals surface area contributed by atoms with Crippen molar-refractivity contribution in [3.05, 3.63) is 90.8 Å². The quantitative estimate of drug-likeness (QED) is 0.364. The lowest BCUT2D eigenvalue weighted by atomic mass is 10.0. The molecule has 0 unspecified atom stereocenters. The molecule has 2 heterocycles. The Morgan fingerprint density at radius 1 is 1.00 bits per heavy atom. The molecule has 1 amide bonds. The second kappa shape index (κ2) is 8.67. The molecule has 33 heavy (non-hydrogen) atoms. The maximum absolute atomic E-state index is 13.5. The Hall–Kier alpha value is -4.32. The Morgan fingerprint density at radius 2 is 1.82 bits per heavy atom. The van der Waals surface area contributed by atoms with Gasteiger partial charge in [0.1, 0.15) is 17.1 Å². The number of methoxy groups -OCH3 is 1. The van der Waals surface area contributed by atoms with E-state index in [1.54, 1.807) is 7.11 Å². The van der Waals surface area contributed by atoms with Crippen LogP contribution in [0.3, 0.4) is 0 Å². The molecule has 0 saturated heterocycles. The number of hydrogen-bond acceptors (Lipinski definition) is 4. The van der Waals surface area contributed by atoms with Gasteiger partial charge in [-0.25, -0.2) is 4.98 Å². The number of amides is 1. The van der Waals surface area contributed by atoms with Crippen LogP contribution in [0, 0.1) is 0 Å². The third kappa shape index (κ3) is 3.87. The summed E-state index contributed by atoms with van der Waals surface area (Å²) in [4.78, 5) is 18.2. The third-order valence-corrected chi connectivity index (χ3v) is 5.53. The minimum Gasteiger partial charge on any atom is -0.495 e. The van der Waals surface area contributed by atoms with Crippen LogP contribution in [0.5, 0.6) is 11.5 Å². The Kier molecular flexibility index (Phi) is 5.40. The van der Waals surface area contributed by atoms with E-state index in [0.717, 1.165) is 27.7 Å². The topological polar surface area (TPSA) is 64.9 Å². The fourth-order valence-corrected chi connectivity index (χ4v) is 3.99. The average molecular weight is 437 g/mol. The van der Waals surface area contributed by atoms with Crippen molar-refractivity contribution in [1.29, 1.82) is 0 Å². The van der Waals surface area contributed by atoms with Crippen LogP contribution in [-0.4, -0.2) is 29.0 Å². The Bertz CT molecular complexity index is 1440. The van der Waals surface area contributed by atoms with Crippen molar-refractivity contribution >= 4 is 28.0 Å². The number of imidazole rings is 1. The van der Waals surface area contributed by atoms with E-state index in [4.69, 9.17) is 9.47 Å². The van der Waals surface area contributed by atoms with Crippen molar-refractivity contribution < 1.29 is 14.3 Å². The summed E-state index contributed by atoms with van der Waals surface area (Å²) in [6.45, 7) is 2.36. The van der Waals surface area contributed by atoms with Gasteiger partial charge in [-0.2, -0.15) is 0 Å². The van der Waals surface area contributed by atoms with E-state index in [1.165, 1.54) is 0 Å². The lowest BCUT2D eigenvalue weighted by Crippen LogP contribution is -2.15. The number of pyridine rings is 1. The molecule has 5 aromatic rings. The van der Waals surface area contributed by atoms with Gasteiger partial charge in [-0.1, -0.05) is 36.4 Å². The van der Waals surface area contributed by atoms with Gasteiger partial charge >= 0.3 is 0 Å². The smallest absolute Gasteiger partial charge is 0.260 e. The number of anilines is 1. The molecule has 5 rings (SSSR count). The highest BCUT2D eigenvalue weighted by atomic mass is 16.5. The first-order chi connectivity index (χ1) is 16.2. The van der Waals surface area contributed by atoms with E-state index in [-0.39, 0.29) is 5.91 Å². The molecule has 0 saturated carbocycles. The zero-order valence-electron chi connectivity index (χ0n) is 18.4. The van der Waals surface area contributed by atoms with Gasteiger partial charge in [0.2, 0.25) is 0 Å². The summed E-state index contributed by atoms with van der Waals surface area (Å²) in [6, 6.07) is 23.1. The third-order valence-electron chi connectivity index (χ3n) is 5.53. The molecule has 6 heteroatoms. The molecule has 164 valence electrons. The molecular formula is C27H23N3O3. The Balaban J connectivity index is 1.56. The van der Waals surface area contributed by atoms with Gasteiger partial charge in [0, 0.05) is 18.0 Å². The first-order valence-corrected chi connectivity index (χ1v) is 10.8. The SMILES string of the molecule is CCOc1ccc2ccccc2c1C(=O)Nc1cc(-c2cn3ccccc3n2)ccc1OC. The number of nitrogens with zero attached hydrogens (tertiary/aromatic N) is 2.